The number of nitrogens with one attached hydrogen (secondary N) is 1. The molecule has 0 unspecified atom stereocenters. The molecule has 126 valence electrons. The van der Waals surface area contributed by atoms with Crippen molar-refractivity contribution in [2.75, 3.05) is 12.4 Å². The molecule has 0 fully saturated rings. The number of anilines is 1. The Morgan fingerprint density at radius 3 is 2.42 bits per heavy atom. The van der Waals surface area contributed by atoms with Crippen molar-refractivity contribution in [2.24, 2.45) is 0 Å². The van der Waals surface area contributed by atoms with Crippen LogP contribution in [0.3, 0.4) is 0 Å². The molecule has 2 N–H and O–H groups in total. The van der Waals surface area contributed by atoms with Gasteiger partial charge in [-0.05, 0) is 36.2 Å². The number of hydrogen-bond acceptors (Lipinski definition) is 3. The smallest absolute Gasteiger partial charge is 0.303 e. The molecule has 24 heavy (non-hydrogen) atoms. The average Bonchev–Trinajstić information content (AvgIpc) is 2.56. The average molecular weight is 327 g/mol. The number of carbonyl (C=O) groups is 2. The second-order valence-corrected chi connectivity index (χ2v) is 5.64. The van der Waals surface area contributed by atoms with E-state index in [0.717, 1.165) is 16.9 Å². The first-order chi connectivity index (χ1) is 11.5. The molecule has 0 bridgehead atoms. The normalized spacial score (nSPS) is 11.6. The Morgan fingerprint density at radius 2 is 1.83 bits per heavy atom. The molecule has 0 aromatic heterocycles. The van der Waals surface area contributed by atoms with Crippen molar-refractivity contribution in [1.82, 2.24) is 0 Å². The van der Waals surface area contributed by atoms with Gasteiger partial charge in [0.2, 0.25) is 5.91 Å². The van der Waals surface area contributed by atoms with Crippen molar-refractivity contribution in [3.05, 3.63) is 59.7 Å². The summed E-state index contributed by atoms with van der Waals surface area (Å²) in [5, 5.41) is 12.0. The van der Waals surface area contributed by atoms with Gasteiger partial charge in [0, 0.05) is 18.0 Å². The molecule has 5 heteroatoms. The molecule has 1 atom stereocenters. The number of aryl methyl sites for hydroxylation is 1. The van der Waals surface area contributed by atoms with Crippen LogP contribution in [0.5, 0.6) is 5.75 Å². The van der Waals surface area contributed by atoms with E-state index in [1.807, 2.05) is 43.3 Å². The molecular weight excluding hydrogens is 306 g/mol. The first-order valence-electron chi connectivity index (χ1n) is 7.71. The number of carbonyl (C=O) groups excluding carboxylic acids is 1. The minimum atomic E-state index is -0.919. The molecular formula is C19H21NO4. The van der Waals surface area contributed by atoms with Gasteiger partial charge in [-0.25, -0.2) is 0 Å². The lowest BCUT2D eigenvalue weighted by Gasteiger charge is -2.16. The number of amides is 1. The number of hydrogen-bond donors (Lipinski definition) is 2. The number of carboxylic acids is 1. The highest BCUT2D eigenvalue weighted by atomic mass is 16.5. The first-order valence-corrected chi connectivity index (χ1v) is 7.71. The molecule has 0 heterocycles. The second-order valence-electron chi connectivity index (χ2n) is 5.64. The Bertz CT molecular complexity index is 713. The van der Waals surface area contributed by atoms with E-state index in [1.165, 1.54) is 0 Å². The van der Waals surface area contributed by atoms with Crippen LogP contribution in [-0.4, -0.2) is 24.1 Å². The van der Waals surface area contributed by atoms with Gasteiger partial charge in [0.25, 0.3) is 0 Å². The van der Waals surface area contributed by atoms with E-state index in [-0.39, 0.29) is 24.7 Å². The van der Waals surface area contributed by atoms with Crippen LogP contribution in [0.4, 0.5) is 5.69 Å². The van der Waals surface area contributed by atoms with Gasteiger partial charge in [0.05, 0.1) is 13.5 Å². The molecule has 2 rings (SSSR count). The maximum atomic E-state index is 12.3. The first kappa shape index (κ1) is 17.5. The second kappa shape index (κ2) is 8.15. The van der Waals surface area contributed by atoms with Crippen molar-refractivity contribution in [1.29, 1.82) is 0 Å². The third-order valence-electron chi connectivity index (χ3n) is 3.83. The van der Waals surface area contributed by atoms with Crippen molar-refractivity contribution in [3.63, 3.8) is 0 Å². The lowest BCUT2D eigenvalue weighted by Crippen LogP contribution is -2.18. The van der Waals surface area contributed by atoms with Crippen molar-refractivity contribution in [3.8, 4) is 5.75 Å². The molecule has 2 aromatic rings. The summed E-state index contributed by atoms with van der Waals surface area (Å²) in [5.74, 6) is -0.767. The summed E-state index contributed by atoms with van der Waals surface area (Å²) in [7, 11) is 1.59. The number of rotatable bonds is 7. The summed E-state index contributed by atoms with van der Waals surface area (Å²) in [4.78, 5) is 23.5. The third-order valence-corrected chi connectivity index (χ3v) is 3.83. The number of ether oxygens (including phenoxy) is 1. The van der Waals surface area contributed by atoms with Gasteiger partial charge in [-0.3, -0.25) is 9.59 Å². The van der Waals surface area contributed by atoms with Crippen LogP contribution in [-0.2, 0) is 9.59 Å². The Kier molecular flexibility index (Phi) is 5.95. The quantitative estimate of drug-likeness (QED) is 0.815. The molecule has 0 aliphatic rings. The van der Waals surface area contributed by atoms with Gasteiger partial charge in [-0.2, -0.15) is 0 Å². The number of carboxylic acid groups (broad SMARTS) is 1. The van der Waals surface area contributed by atoms with Gasteiger partial charge in [-0.15, -0.1) is 0 Å². The predicted molar refractivity (Wildman–Crippen MR) is 92.4 cm³/mol. The highest BCUT2D eigenvalue weighted by molar-refractivity contribution is 5.92. The SMILES string of the molecule is COc1ccc(NC(=O)C[C@H](CC(=O)O)c2ccccc2)c(C)c1. The van der Waals surface area contributed by atoms with Crippen LogP contribution in [0.15, 0.2) is 48.5 Å². The standard InChI is InChI=1S/C19H21NO4/c1-13-10-16(24-2)8-9-17(13)20-18(21)11-15(12-19(22)23)14-6-4-3-5-7-14/h3-10,15H,11-12H2,1-2H3,(H,20,21)(H,22,23)/t15-/m1/s1. The molecule has 0 aliphatic heterocycles. The van der Waals surface area contributed by atoms with Crippen molar-refractivity contribution in [2.45, 2.75) is 25.7 Å². The van der Waals surface area contributed by atoms with E-state index >= 15 is 0 Å². The van der Waals surface area contributed by atoms with E-state index in [4.69, 9.17) is 9.84 Å². The third kappa shape index (κ3) is 4.84. The van der Waals surface area contributed by atoms with Crippen LogP contribution in [0.1, 0.15) is 29.9 Å². The van der Waals surface area contributed by atoms with Crippen LogP contribution in [0.2, 0.25) is 0 Å². The molecule has 0 saturated heterocycles. The Labute approximate surface area is 141 Å². The van der Waals surface area contributed by atoms with Crippen molar-refractivity contribution < 1.29 is 19.4 Å². The lowest BCUT2D eigenvalue weighted by molar-refractivity contribution is -0.137. The zero-order valence-corrected chi connectivity index (χ0v) is 13.8. The van der Waals surface area contributed by atoms with E-state index in [0.29, 0.717) is 5.69 Å². The molecule has 0 spiro atoms. The molecule has 0 saturated carbocycles. The van der Waals surface area contributed by atoms with Gasteiger partial charge in [0.1, 0.15) is 5.75 Å². The van der Waals surface area contributed by atoms with Crippen molar-refractivity contribution >= 4 is 17.6 Å². The number of benzene rings is 2. The van der Waals surface area contributed by atoms with E-state index in [2.05, 4.69) is 5.32 Å². The minimum Gasteiger partial charge on any atom is -0.497 e. The van der Waals surface area contributed by atoms with Gasteiger partial charge in [-0.1, -0.05) is 30.3 Å². The van der Waals surface area contributed by atoms with E-state index in [9.17, 15) is 9.59 Å². The predicted octanol–water partition coefficient (Wildman–Crippen LogP) is 3.59. The van der Waals surface area contributed by atoms with Gasteiger partial charge < -0.3 is 15.2 Å². The zero-order chi connectivity index (χ0) is 17.5. The fourth-order valence-electron chi connectivity index (χ4n) is 2.57. The topological polar surface area (TPSA) is 75.6 Å². The molecule has 5 nitrogen and oxygen atoms in total. The Morgan fingerprint density at radius 1 is 1.12 bits per heavy atom. The summed E-state index contributed by atoms with van der Waals surface area (Å²) < 4.78 is 5.14. The Balaban J connectivity index is 2.09. The summed E-state index contributed by atoms with van der Waals surface area (Å²) >= 11 is 0. The largest absolute Gasteiger partial charge is 0.497 e. The monoisotopic (exact) mass is 327 g/mol. The van der Waals surface area contributed by atoms with E-state index < -0.39 is 5.97 Å². The summed E-state index contributed by atoms with van der Waals surface area (Å²) in [6.07, 6.45) is 0.0286. The zero-order valence-electron chi connectivity index (χ0n) is 13.8. The summed E-state index contributed by atoms with van der Waals surface area (Å²) in [6, 6.07) is 14.6. The summed E-state index contributed by atoms with van der Waals surface area (Å²) in [5.41, 5.74) is 2.43. The number of methoxy groups -OCH3 is 1. The minimum absolute atomic E-state index is 0.0843. The molecule has 0 radical (unpaired) electrons. The van der Waals surface area contributed by atoms with E-state index in [1.54, 1.807) is 19.2 Å². The fraction of sp³-hybridized carbons (Fsp3) is 0.263. The van der Waals surface area contributed by atoms with Crippen LogP contribution in [0, 0.1) is 6.92 Å². The lowest BCUT2D eigenvalue weighted by atomic mass is 9.92. The Hall–Kier alpha value is -2.82. The molecule has 0 aliphatic carbocycles. The van der Waals surface area contributed by atoms with Gasteiger partial charge >= 0.3 is 5.97 Å². The molecule has 2 aromatic carbocycles. The van der Waals surface area contributed by atoms with Crippen LogP contribution in [0.25, 0.3) is 0 Å². The maximum Gasteiger partial charge on any atom is 0.303 e. The fourth-order valence-corrected chi connectivity index (χ4v) is 2.57. The van der Waals surface area contributed by atoms with Crippen LogP contribution < -0.4 is 10.1 Å². The highest BCUT2D eigenvalue weighted by Crippen LogP contribution is 2.25. The van der Waals surface area contributed by atoms with Crippen LogP contribution >= 0.6 is 0 Å². The number of aliphatic carboxylic acids is 1. The summed E-state index contributed by atoms with van der Waals surface area (Å²) in [6.45, 7) is 1.88. The molecule has 1 amide bonds. The van der Waals surface area contributed by atoms with Gasteiger partial charge in [0.15, 0.2) is 0 Å². The highest BCUT2D eigenvalue weighted by Gasteiger charge is 2.19. The maximum absolute atomic E-state index is 12.3.